The minimum absolute atomic E-state index is 0.326. The van der Waals surface area contributed by atoms with Gasteiger partial charge in [-0.3, -0.25) is 0 Å². The molecule has 1 atom stereocenters. The van der Waals surface area contributed by atoms with Gasteiger partial charge in [-0.2, -0.15) is 0 Å². The van der Waals surface area contributed by atoms with Crippen molar-refractivity contribution in [1.82, 2.24) is 20.2 Å². The Bertz CT molecular complexity index is 413. The molecule has 1 aliphatic rings. The lowest BCUT2D eigenvalue weighted by Gasteiger charge is -2.22. The van der Waals surface area contributed by atoms with Gasteiger partial charge >= 0.3 is 5.97 Å². The van der Waals surface area contributed by atoms with Crippen LogP contribution >= 0.6 is 0 Å². The molecular formula is C13H22N4O2. The molecule has 1 aromatic heterocycles. The van der Waals surface area contributed by atoms with Gasteiger partial charge in [0.05, 0.1) is 0 Å². The molecule has 0 saturated heterocycles. The number of carboxylic acid groups (broad SMARTS) is 1. The molecule has 19 heavy (non-hydrogen) atoms. The second-order valence-electron chi connectivity index (χ2n) is 5.31. The fourth-order valence-electron chi connectivity index (χ4n) is 2.80. The van der Waals surface area contributed by atoms with Crippen LogP contribution in [0.15, 0.2) is 0 Å². The average molecular weight is 266 g/mol. The maximum atomic E-state index is 11.4. The number of aliphatic carboxylic acids is 1. The van der Waals surface area contributed by atoms with Gasteiger partial charge in [0.2, 0.25) is 0 Å². The summed E-state index contributed by atoms with van der Waals surface area (Å²) in [5.74, 6) is 0.258. The first kappa shape index (κ1) is 14.0. The highest BCUT2D eigenvalue weighted by Gasteiger charge is 2.28. The standard InChI is InChI=1S/C13H22N4O2/c1-2-3-9-11(13(18)19)17-12(14-15-16-17)10-7-5-4-6-8-10/h10-11H,2-9H2,1H3,(H,18,19). The summed E-state index contributed by atoms with van der Waals surface area (Å²) in [5.41, 5.74) is 0. The lowest BCUT2D eigenvalue weighted by molar-refractivity contribution is -0.141. The van der Waals surface area contributed by atoms with Gasteiger partial charge in [0.25, 0.3) is 0 Å². The number of aromatic nitrogens is 4. The van der Waals surface area contributed by atoms with Crippen LogP contribution in [-0.2, 0) is 4.79 Å². The number of nitrogens with zero attached hydrogens (tertiary/aromatic N) is 4. The Morgan fingerprint density at radius 1 is 1.42 bits per heavy atom. The summed E-state index contributed by atoms with van der Waals surface area (Å²) in [4.78, 5) is 11.4. The van der Waals surface area contributed by atoms with Crippen molar-refractivity contribution in [1.29, 1.82) is 0 Å². The van der Waals surface area contributed by atoms with Gasteiger partial charge in [0, 0.05) is 5.92 Å². The molecule has 6 heteroatoms. The highest BCUT2D eigenvalue weighted by atomic mass is 16.4. The SMILES string of the molecule is CCCCC(C(=O)O)n1nnnc1C1CCCCC1. The molecule has 1 heterocycles. The minimum Gasteiger partial charge on any atom is -0.480 e. The van der Waals surface area contributed by atoms with Gasteiger partial charge in [-0.05, 0) is 29.7 Å². The number of tetrazole rings is 1. The van der Waals surface area contributed by atoms with Crippen molar-refractivity contribution < 1.29 is 9.90 Å². The zero-order chi connectivity index (χ0) is 13.7. The quantitative estimate of drug-likeness (QED) is 0.855. The second kappa shape index (κ2) is 6.63. The van der Waals surface area contributed by atoms with Gasteiger partial charge in [0.15, 0.2) is 11.9 Å². The van der Waals surface area contributed by atoms with Crippen molar-refractivity contribution in [3.63, 3.8) is 0 Å². The lowest BCUT2D eigenvalue weighted by Crippen LogP contribution is -2.24. The third kappa shape index (κ3) is 3.30. The number of carbonyl (C=O) groups is 1. The molecule has 106 valence electrons. The van der Waals surface area contributed by atoms with E-state index < -0.39 is 12.0 Å². The molecule has 0 amide bonds. The molecule has 0 radical (unpaired) electrons. The molecule has 1 fully saturated rings. The van der Waals surface area contributed by atoms with Crippen LogP contribution in [0, 0.1) is 0 Å². The zero-order valence-corrected chi connectivity index (χ0v) is 11.5. The maximum Gasteiger partial charge on any atom is 0.328 e. The zero-order valence-electron chi connectivity index (χ0n) is 11.5. The molecule has 1 aliphatic carbocycles. The molecule has 2 rings (SSSR count). The Labute approximate surface area is 113 Å². The molecule has 1 saturated carbocycles. The van der Waals surface area contributed by atoms with E-state index in [1.165, 1.54) is 19.3 Å². The van der Waals surface area contributed by atoms with Crippen molar-refractivity contribution in [3.05, 3.63) is 5.82 Å². The summed E-state index contributed by atoms with van der Waals surface area (Å²) >= 11 is 0. The van der Waals surface area contributed by atoms with E-state index in [-0.39, 0.29) is 0 Å². The Hall–Kier alpha value is -1.46. The predicted molar refractivity (Wildman–Crippen MR) is 69.8 cm³/mol. The monoisotopic (exact) mass is 266 g/mol. The molecule has 0 spiro atoms. The Kier molecular flexibility index (Phi) is 4.87. The van der Waals surface area contributed by atoms with E-state index in [0.29, 0.717) is 12.3 Å². The van der Waals surface area contributed by atoms with Gasteiger partial charge in [0.1, 0.15) is 0 Å². The summed E-state index contributed by atoms with van der Waals surface area (Å²) in [6.45, 7) is 2.06. The summed E-state index contributed by atoms with van der Waals surface area (Å²) in [6, 6.07) is -0.619. The number of carboxylic acids is 1. The molecule has 1 aromatic rings. The van der Waals surface area contributed by atoms with E-state index in [4.69, 9.17) is 0 Å². The van der Waals surface area contributed by atoms with Gasteiger partial charge in [-0.25, -0.2) is 9.48 Å². The molecule has 0 aliphatic heterocycles. The predicted octanol–water partition coefficient (Wildman–Crippen LogP) is 2.54. The molecule has 6 nitrogen and oxygen atoms in total. The fraction of sp³-hybridized carbons (Fsp3) is 0.846. The number of hydrogen-bond donors (Lipinski definition) is 1. The molecule has 0 aromatic carbocycles. The Morgan fingerprint density at radius 2 is 2.16 bits per heavy atom. The molecular weight excluding hydrogens is 244 g/mol. The summed E-state index contributed by atoms with van der Waals surface area (Å²) in [5, 5.41) is 21.1. The van der Waals surface area contributed by atoms with Gasteiger partial charge in [-0.1, -0.05) is 39.0 Å². The van der Waals surface area contributed by atoms with Crippen LogP contribution in [0.2, 0.25) is 0 Å². The fourth-order valence-corrected chi connectivity index (χ4v) is 2.80. The van der Waals surface area contributed by atoms with Crippen molar-refractivity contribution in [3.8, 4) is 0 Å². The van der Waals surface area contributed by atoms with Crippen LogP contribution in [0.25, 0.3) is 0 Å². The number of hydrogen-bond acceptors (Lipinski definition) is 4. The van der Waals surface area contributed by atoms with Crippen LogP contribution in [-0.4, -0.2) is 31.3 Å². The smallest absolute Gasteiger partial charge is 0.328 e. The highest BCUT2D eigenvalue weighted by Crippen LogP contribution is 2.32. The third-order valence-corrected chi connectivity index (χ3v) is 3.90. The van der Waals surface area contributed by atoms with Crippen LogP contribution in [0.4, 0.5) is 0 Å². The lowest BCUT2D eigenvalue weighted by atomic mass is 9.88. The molecule has 1 N–H and O–H groups in total. The average Bonchev–Trinajstić information content (AvgIpc) is 2.89. The van der Waals surface area contributed by atoms with Crippen LogP contribution in [0.1, 0.15) is 76.1 Å². The topological polar surface area (TPSA) is 80.9 Å². The van der Waals surface area contributed by atoms with E-state index in [1.54, 1.807) is 4.68 Å². The summed E-state index contributed by atoms with van der Waals surface area (Å²) in [6.07, 6.45) is 8.22. The van der Waals surface area contributed by atoms with E-state index >= 15 is 0 Å². The summed E-state index contributed by atoms with van der Waals surface area (Å²) < 4.78 is 1.55. The Balaban J connectivity index is 2.17. The minimum atomic E-state index is -0.835. The van der Waals surface area contributed by atoms with Gasteiger partial charge in [-0.15, -0.1) is 5.10 Å². The van der Waals surface area contributed by atoms with E-state index in [1.807, 2.05) is 0 Å². The first-order chi connectivity index (χ1) is 9.24. The largest absolute Gasteiger partial charge is 0.480 e. The maximum absolute atomic E-state index is 11.4. The van der Waals surface area contributed by atoms with Crippen molar-refractivity contribution in [2.45, 2.75) is 70.3 Å². The van der Waals surface area contributed by atoms with Gasteiger partial charge < -0.3 is 5.11 Å². The van der Waals surface area contributed by atoms with Crippen molar-refractivity contribution in [2.75, 3.05) is 0 Å². The first-order valence-corrected chi connectivity index (χ1v) is 7.24. The highest BCUT2D eigenvalue weighted by molar-refractivity contribution is 5.71. The van der Waals surface area contributed by atoms with E-state index in [9.17, 15) is 9.90 Å². The van der Waals surface area contributed by atoms with Crippen LogP contribution in [0.3, 0.4) is 0 Å². The normalized spacial score (nSPS) is 18.4. The van der Waals surface area contributed by atoms with Crippen molar-refractivity contribution in [2.24, 2.45) is 0 Å². The number of rotatable bonds is 6. The molecule has 0 bridgehead atoms. The summed E-state index contributed by atoms with van der Waals surface area (Å²) in [7, 11) is 0. The van der Waals surface area contributed by atoms with Crippen molar-refractivity contribution >= 4 is 5.97 Å². The Morgan fingerprint density at radius 3 is 2.79 bits per heavy atom. The van der Waals surface area contributed by atoms with Crippen LogP contribution < -0.4 is 0 Å². The van der Waals surface area contributed by atoms with Crippen LogP contribution in [0.5, 0.6) is 0 Å². The third-order valence-electron chi connectivity index (χ3n) is 3.90. The molecule has 1 unspecified atom stereocenters. The first-order valence-electron chi connectivity index (χ1n) is 7.24. The second-order valence-corrected chi connectivity index (χ2v) is 5.31. The number of unbranched alkanes of at least 4 members (excludes halogenated alkanes) is 1. The van der Waals surface area contributed by atoms with E-state index in [2.05, 4.69) is 22.4 Å². The van der Waals surface area contributed by atoms with E-state index in [0.717, 1.165) is 31.5 Å².